The molecule has 24 heavy (non-hydrogen) atoms. The van der Waals surface area contributed by atoms with Gasteiger partial charge in [-0.25, -0.2) is 0 Å². The van der Waals surface area contributed by atoms with Crippen LogP contribution in [0, 0.1) is 13.8 Å². The quantitative estimate of drug-likeness (QED) is 0.400. The molecule has 0 atom stereocenters. The van der Waals surface area contributed by atoms with Gasteiger partial charge in [-0.3, -0.25) is 4.40 Å². The number of nitrogens with zero attached hydrogens (tertiary/aromatic N) is 1. The summed E-state index contributed by atoms with van der Waals surface area (Å²) in [5.74, 6) is 0. The van der Waals surface area contributed by atoms with Crippen LogP contribution in [-0.4, -0.2) is 9.38 Å². The minimum Gasteiger partial charge on any atom is -0.340 e. The van der Waals surface area contributed by atoms with Gasteiger partial charge >= 0.3 is 0 Å². The highest BCUT2D eigenvalue weighted by Gasteiger charge is 2.10. The first kappa shape index (κ1) is 13.4. The molecule has 0 bridgehead atoms. The molecule has 0 spiro atoms. The van der Waals surface area contributed by atoms with Crippen LogP contribution in [0.2, 0.25) is 0 Å². The Labute approximate surface area is 140 Å². The molecule has 2 heteroatoms. The van der Waals surface area contributed by atoms with Gasteiger partial charge in [0.1, 0.15) is 5.65 Å². The molecule has 0 unspecified atom stereocenters. The Hall–Kier alpha value is -3.00. The van der Waals surface area contributed by atoms with Gasteiger partial charge in [-0.2, -0.15) is 0 Å². The van der Waals surface area contributed by atoms with Crippen LogP contribution < -0.4 is 0 Å². The minimum absolute atomic E-state index is 1.14. The van der Waals surface area contributed by atoms with Crippen LogP contribution in [0.5, 0.6) is 0 Å². The molecule has 0 saturated carbocycles. The number of benzene rings is 3. The van der Waals surface area contributed by atoms with Gasteiger partial charge < -0.3 is 4.98 Å². The molecule has 0 aliphatic rings. The van der Waals surface area contributed by atoms with Crippen LogP contribution in [-0.2, 0) is 0 Å². The van der Waals surface area contributed by atoms with Gasteiger partial charge in [-0.1, -0.05) is 47.5 Å². The lowest BCUT2D eigenvalue weighted by molar-refractivity contribution is 1.33. The number of aryl methyl sites for hydroxylation is 2. The van der Waals surface area contributed by atoms with Crippen molar-refractivity contribution in [3.63, 3.8) is 0 Å². The first-order valence-electron chi connectivity index (χ1n) is 8.30. The zero-order chi connectivity index (χ0) is 16.3. The number of hydrogen-bond acceptors (Lipinski definition) is 0. The second-order valence-corrected chi connectivity index (χ2v) is 6.66. The van der Waals surface area contributed by atoms with E-state index in [9.17, 15) is 0 Å². The van der Waals surface area contributed by atoms with E-state index in [0.29, 0.717) is 0 Å². The molecule has 2 aromatic heterocycles. The van der Waals surface area contributed by atoms with E-state index in [1.807, 2.05) is 0 Å². The van der Waals surface area contributed by atoms with Crippen molar-refractivity contribution in [2.45, 2.75) is 13.8 Å². The number of aromatic nitrogens is 2. The van der Waals surface area contributed by atoms with Crippen LogP contribution in [0.25, 0.3) is 38.7 Å². The Morgan fingerprint density at radius 1 is 0.708 bits per heavy atom. The van der Waals surface area contributed by atoms with Gasteiger partial charge in [-0.05, 0) is 55.3 Å². The lowest BCUT2D eigenvalue weighted by atomic mass is 10.00. The van der Waals surface area contributed by atoms with Crippen LogP contribution in [0.15, 0.2) is 66.7 Å². The predicted molar refractivity (Wildman–Crippen MR) is 102 cm³/mol. The zero-order valence-corrected chi connectivity index (χ0v) is 13.8. The molecule has 1 N–H and O–H groups in total. The Morgan fingerprint density at radius 3 is 2.33 bits per heavy atom. The highest BCUT2D eigenvalue weighted by atomic mass is 15.0. The second-order valence-electron chi connectivity index (χ2n) is 6.66. The molecule has 3 aromatic carbocycles. The summed E-state index contributed by atoms with van der Waals surface area (Å²) in [5.41, 5.74) is 9.95. The topological polar surface area (TPSA) is 20.2 Å². The van der Waals surface area contributed by atoms with Gasteiger partial charge in [0, 0.05) is 5.39 Å². The summed E-state index contributed by atoms with van der Waals surface area (Å²) in [4.78, 5) is 3.51. The molecule has 0 aliphatic heterocycles. The van der Waals surface area contributed by atoms with Crippen LogP contribution >= 0.6 is 0 Å². The number of imidazole rings is 1. The molecule has 0 aliphatic carbocycles. The fraction of sp³-hybridized carbons (Fsp3) is 0.0909. The van der Waals surface area contributed by atoms with Crippen molar-refractivity contribution >= 4 is 27.6 Å². The summed E-state index contributed by atoms with van der Waals surface area (Å²) in [6, 6.07) is 24.2. The van der Waals surface area contributed by atoms with E-state index in [1.165, 1.54) is 44.2 Å². The van der Waals surface area contributed by atoms with Crippen molar-refractivity contribution in [3.05, 3.63) is 77.9 Å². The summed E-state index contributed by atoms with van der Waals surface area (Å²) in [6.45, 7) is 4.31. The number of nitrogens with one attached hydrogen (secondary N) is 1. The first-order valence-corrected chi connectivity index (χ1v) is 8.30. The fourth-order valence-corrected chi connectivity index (χ4v) is 3.80. The number of para-hydroxylation sites is 2. The van der Waals surface area contributed by atoms with E-state index in [-0.39, 0.29) is 0 Å². The lowest BCUT2D eigenvalue weighted by Crippen LogP contribution is -1.84. The summed E-state index contributed by atoms with van der Waals surface area (Å²) in [7, 11) is 0. The lowest BCUT2D eigenvalue weighted by Gasteiger charge is -2.06. The Morgan fingerprint density at radius 2 is 1.50 bits per heavy atom. The summed E-state index contributed by atoms with van der Waals surface area (Å²) in [6.07, 6.45) is 0. The van der Waals surface area contributed by atoms with Crippen LogP contribution in [0.1, 0.15) is 11.1 Å². The normalized spacial score (nSPS) is 11.8. The van der Waals surface area contributed by atoms with Gasteiger partial charge in [-0.15, -0.1) is 0 Å². The van der Waals surface area contributed by atoms with E-state index in [4.69, 9.17) is 0 Å². The summed E-state index contributed by atoms with van der Waals surface area (Å²) in [5, 5.41) is 1.27. The van der Waals surface area contributed by atoms with Crippen molar-refractivity contribution in [1.82, 2.24) is 9.38 Å². The maximum absolute atomic E-state index is 3.51. The third-order valence-electron chi connectivity index (χ3n) is 4.76. The SMILES string of the molecule is Cc1cc(C)cc(-c2ccc3c(c2)cc2[nH]c4ccccc4n23)c1. The van der Waals surface area contributed by atoms with E-state index in [1.54, 1.807) is 0 Å². The molecule has 116 valence electrons. The smallest absolute Gasteiger partial charge is 0.116 e. The van der Waals surface area contributed by atoms with Gasteiger partial charge in [0.15, 0.2) is 0 Å². The molecule has 2 nitrogen and oxygen atoms in total. The average molecular weight is 310 g/mol. The molecule has 0 saturated heterocycles. The number of rotatable bonds is 1. The fourth-order valence-electron chi connectivity index (χ4n) is 3.80. The summed E-state index contributed by atoms with van der Waals surface area (Å²) >= 11 is 0. The second kappa shape index (κ2) is 4.75. The monoisotopic (exact) mass is 310 g/mol. The minimum atomic E-state index is 1.14. The third kappa shape index (κ3) is 1.89. The van der Waals surface area contributed by atoms with Crippen molar-refractivity contribution < 1.29 is 0 Å². The maximum Gasteiger partial charge on any atom is 0.116 e. The van der Waals surface area contributed by atoms with E-state index in [0.717, 1.165) is 5.65 Å². The number of aromatic amines is 1. The molecular weight excluding hydrogens is 292 g/mol. The number of hydrogen-bond donors (Lipinski definition) is 1. The first-order chi connectivity index (χ1) is 11.7. The van der Waals surface area contributed by atoms with Gasteiger partial charge in [0.2, 0.25) is 0 Å². The van der Waals surface area contributed by atoms with Gasteiger partial charge in [0.05, 0.1) is 16.6 Å². The standard InChI is InChI=1S/C22H18N2/c1-14-9-15(2)11-17(10-14)16-7-8-20-18(12-16)13-22-23-19-5-3-4-6-21(19)24(20)22/h3-13,23H,1-2H3. The third-order valence-corrected chi connectivity index (χ3v) is 4.76. The van der Waals surface area contributed by atoms with E-state index >= 15 is 0 Å². The predicted octanol–water partition coefficient (Wildman–Crippen LogP) is 5.86. The zero-order valence-electron chi connectivity index (χ0n) is 13.8. The van der Waals surface area contributed by atoms with Crippen molar-refractivity contribution in [2.24, 2.45) is 0 Å². The Balaban J connectivity index is 1.78. The molecule has 2 heterocycles. The van der Waals surface area contributed by atoms with E-state index < -0.39 is 0 Å². The van der Waals surface area contributed by atoms with Crippen LogP contribution in [0.3, 0.4) is 0 Å². The molecule has 0 radical (unpaired) electrons. The maximum atomic E-state index is 3.51. The largest absolute Gasteiger partial charge is 0.340 e. The van der Waals surface area contributed by atoms with E-state index in [2.05, 4.69) is 90.0 Å². The highest BCUT2D eigenvalue weighted by molar-refractivity contribution is 5.96. The highest BCUT2D eigenvalue weighted by Crippen LogP contribution is 2.30. The molecule has 5 aromatic rings. The average Bonchev–Trinajstić information content (AvgIpc) is 3.08. The van der Waals surface area contributed by atoms with Gasteiger partial charge in [0.25, 0.3) is 0 Å². The molecule has 0 amide bonds. The van der Waals surface area contributed by atoms with Crippen molar-refractivity contribution in [2.75, 3.05) is 0 Å². The van der Waals surface area contributed by atoms with Crippen molar-refractivity contribution in [1.29, 1.82) is 0 Å². The Bertz CT molecular complexity index is 1200. The van der Waals surface area contributed by atoms with Crippen molar-refractivity contribution in [3.8, 4) is 11.1 Å². The number of H-pyrrole nitrogens is 1. The van der Waals surface area contributed by atoms with Crippen LogP contribution in [0.4, 0.5) is 0 Å². The Kier molecular flexibility index (Phi) is 2.66. The molecular formula is C22H18N2. The number of fused-ring (bicyclic) bond motifs is 5. The molecule has 5 rings (SSSR count). The summed E-state index contributed by atoms with van der Waals surface area (Å²) < 4.78 is 2.30. The molecule has 0 fully saturated rings.